The highest BCUT2D eigenvalue weighted by molar-refractivity contribution is 5.91. The predicted octanol–water partition coefficient (Wildman–Crippen LogP) is 5.25. The van der Waals surface area contributed by atoms with Gasteiger partial charge in [-0.2, -0.15) is 0 Å². The zero-order chi connectivity index (χ0) is 32.4. The van der Waals surface area contributed by atoms with Crippen LogP contribution in [-0.2, 0) is 25.5 Å². The van der Waals surface area contributed by atoms with Gasteiger partial charge >= 0.3 is 12.1 Å². The first kappa shape index (κ1) is 32.1. The zero-order valence-electron chi connectivity index (χ0n) is 26.4. The molecule has 0 aliphatic heterocycles. The molecule has 3 aromatic rings. The Labute approximate surface area is 263 Å². The molecule has 2 aliphatic carbocycles. The van der Waals surface area contributed by atoms with Crippen LogP contribution in [0.15, 0.2) is 60.8 Å². The summed E-state index contributed by atoms with van der Waals surface area (Å²) in [5.41, 5.74) is 1.06. The van der Waals surface area contributed by atoms with Gasteiger partial charge in [-0.15, -0.1) is 0 Å². The van der Waals surface area contributed by atoms with E-state index in [9.17, 15) is 19.2 Å². The Morgan fingerprint density at radius 3 is 2.42 bits per heavy atom. The van der Waals surface area contributed by atoms with Gasteiger partial charge in [0.25, 0.3) is 0 Å². The van der Waals surface area contributed by atoms with E-state index in [1.165, 1.54) is 0 Å². The SMILES string of the molecule is CC1(C)C2CCC1(C)[C@@H](OC(=O)N[C@@](C)(Cc1c[nH]c3ccccc13)C(=O)NC[C@@H](NC(=O)CCC(=O)O)c1ccccc1)C2. The molecule has 0 spiro atoms. The smallest absolute Gasteiger partial charge is 0.408 e. The molecular weight excluding hydrogens is 572 g/mol. The molecule has 1 aromatic heterocycles. The predicted molar refractivity (Wildman–Crippen MR) is 170 cm³/mol. The number of para-hydroxylation sites is 1. The van der Waals surface area contributed by atoms with Crippen molar-refractivity contribution >= 4 is 34.8 Å². The van der Waals surface area contributed by atoms with Crippen molar-refractivity contribution in [1.29, 1.82) is 0 Å². The van der Waals surface area contributed by atoms with Crippen LogP contribution in [0.2, 0.25) is 0 Å². The summed E-state index contributed by atoms with van der Waals surface area (Å²) in [4.78, 5) is 54.4. The number of carboxylic acids is 1. The number of rotatable bonds is 12. The number of hydrogen-bond donors (Lipinski definition) is 5. The van der Waals surface area contributed by atoms with Gasteiger partial charge in [0.15, 0.2) is 0 Å². The Hall–Kier alpha value is -4.34. The fraction of sp³-hybridized carbons (Fsp3) is 0.486. The lowest BCUT2D eigenvalue weighted by atomic mass is 9.70. The van der Waals surface area contributed by atoms with Gasteiger partial charge in [0.05, 0.1) is 12.5 Å². The Kier molecular flexibility index (Phi) is 8.96. The second-order valence-corrected chi connectivity index (χ2v) is 13.6. The number of carbonyl (C=O) groups is 4. The summed E-state index contributed by atoms with van der Waals surface area (Å²) in [5.74, 6) is -1.46. The van der Waals surface area contributed by atoms with E-state index in [0.29, 0.717) is 5.92 Å². The van der Waals surface area contributed by atoms with Crippen molar-refractivity contribution in [2.45, 2.75) is 83.9 Å². The summed E-state index contributed by atoms with van der Waals surface area (Å²) in [6, 6.07) is 16.3. The number of carbonyl (C=O) groups excluding carboxylic acids is 3. The molecule has 2 aromatic carbocycles. The minimum absolute atomic E-state index is 0.0262. The van der Waals surface area contributed by atoms with Gasteiger partial charge < -0.3 is 30.8 Å². The van der Waals surface area contributed by atoms with E-state index < -0.39 is 35.5 Å². The largest absolute Gasteiger partial charge is 0.481 e. The number of benzene rings is 2. The number of nitrogens with one attached hydrogen (secondary N) is 4. The number of carboxylic acid groups (broad SMARTS) is 1. The monoisotopic (exact) mass is 616 g/mol. The quantitative estimate of drug-likeness (QED) is 0.188. The molecule has 2 unspecified atom stereocenters. The number of aliphatic carboxylic acids is 1. The van der Waals surface area contributed by atoms with Gasteiger partial charge in [-0.25, -0.2) is 4.79 Å². The number of ether oxygens (including phenoxy) is 1. The average Bonchev–Trinajstić information content (AvgIpc) is 3.57. The molecule has 5 atom stereocenters. The van der Waals surface area contributed by atoms with Crippen molar-refractivity contribution in [3.63, 3.8) is 0 Å². The van der Waals surface area contributed by atoms with Crippen molar-refractivity contribution in [3.05, 3.63) is 71.9 Å². The van der Waals surface area contributed by atoms with Crippen molar-refractivity contribution in [3.8, 4) is 0 Å². The maximum Gasteiger partial charge on any atom is 0.408 e. The van der Waals surface area contributed by atoms with Crippen LogP contribution in [-0.4, -0.2) is 52.2 Å². The number of aromatic amines is 1. The Bertz CT molecular complexity index is 1570. The fourth-order valence-corrected chi connectivity index (χ4v) is 7.35. The molecule has 1 heterocycles. The highest BCUT2D eigenvalue weighted by Crippen LogP contribution is 2.66. The first-order valence-corrected chi connectivity index (χ1v) is 15.7. The third-order valence-corrected chi connectivity index (χ3v) is 10.6. The highest BCUT2D eigenvalue weighted by atomic mass is 16.6. The van der Waals surface area contributed by atoms with Crippen LogP contribution < -0.4 is 16.0 Å². The lowest BCUT2D eigenvalue weighted by Gasteiger charge is -2.39. The molecule has 2 bridgehead atoms. The van der Waals surface area contributed by atoms with Gasteiger partial charge in [-0.3, -0.25) is 14.4 Å². The van der Waals surface area contributed by atoms with Gasteiger partial charge in [-0.05, 0) is 54.7 Å². The Morgan fingerprint density at radius 1 is 1.04 bits per heavy atom. The molecule has 3 amide bonds. The highest BCUT2D eigenvalue weighted by Gasteiger charge is 2.63. The third kappa shape index (κ3) is 6.55. The first-order valence-electron chi connectivity index (χ1n) is 15.7. The molecule has 10 heteroatoms. The van der Waals surface area contributed by atoms with Gasteiger partial charge in [0.1, 0.15) is 11.6 Å². The minimum Gasteiger partial charge on any atom is -0.481 e. The molecule has 45 heavy (non-hydrogen) atoms. The van der Waals surface area contributed by atoms with E-state index in [2.05, 4.69) is 41.7 Å². The third-order valence-electron chi connectivity index (χ3n) is 10.6. The maximum atomic E-state index is 14.0. The molecular formula is C35H44N4O6. The van der Waals surface area contributed by atoms with E-state index in [0.717, 1.165) is 41.3 Å². The molecule has 0 saturated heterocycles. The second-order valence-electron chi connectivity index (χ2n) is 13.6. The van der Waals surface area contributed by atoms with Crippen LogP contribution in [0.1, 0.15) is 77.0 Å². The van der Waals surface area contributed by atoms with Crippen molar-refractivity contribution in [2.24, 2.45) is 16.7 Å². The van der Waals surface area contributed by atoms with Crippen LogP contribution in [0.25, 0.3) is 10.9 Å². The van der Waals surface area contributed by atoms with Crippen LogP contribution in [0.4, 0.5) is 4.79 Å². The molecule has 240 valence electrons. The molecule has 2 aliphatic rings. The van der Waals surface area contributed by atoms with Crippen molar-refractivity contribution in [1.82, 2.24) is 20.9 Å². The Morgan fingerprint density at radius 2 is 1.76 bits per heavy atom. The molecule has 5 N–H and O–H groups in total. The number of amides is 3. The molecule has 0 radical (unpaired) electrons. The molecule has 2 fully saturated rings. The van der Waals surface area contributed by atoms with Crippen molar-refractivity contribution in [2.75, 3.05) is 6.54 Å². The number of hydrogen-bond acceptors (Lipinski definition) is 5. The van der Waals surface area contributed by atoms with Gasteiger partial charge in [-0.1, -0.05) is 69.3 Å². The number of alkyl carbamates (subject to hydrolysis) is 1. The number of aromatic nitrogens is 1. The first-order chi connectivity index (χ1) is 21.3. The average molecular weight is 617 g/mol. The lowest BCUT2D eigenvalue weighted by Crippen LogP contribution is -2.59. The van der Waals surface area contributed by atoms with E-state index in [4.69, 9.17) is 9.84 Å². The summed E-state index contributed by atoms with van der Waals surface area (Å²) in [5, 5.41) is 18.7. The lowest BCUT2D eigenvalue weighted by molar-refractivity contribution is -0.138. The van der Waals surface area contributed by atoms with E-state index in [1.807, 2.05) is 60.8 Å². The van der Waals surface area contributed by atoms with E-state index >= 15 is 0 Å². The fourth-order valence-electron chi connectivity index (χ4n) is 7.35. The topological polar surface area (TPSA) is 150 Å². The second kappa shape index (κ2) is 12.6. The molecule has 10 nitrogen and oxygen atoms in total. The summed E-state index contributed by atoms with van der Waals surface area (Å²) in [6.07, 6.45) is 3.60. The standard InChI is InChI=1S/C35H44N4O6/c1-33(2)24-16-17-34(33,3)28(18-24)45-32(44)39-35(4,19-23-20-36-26-13-9-8-12-25(23)26)31(43)37-21-27(22-10-6-5-7-11-22)38-29(40)14-15-30(41)42/h5-13,20,24,27-28,36H,14-19,21H2,1-4H3,(H,37,43)(H,38,40)(H,39,44)(H,41,42)/t24?,27-,28+,34?,35+/m1/s1. The summed E-state index contributed by atoms with van der Waals surface area (Å²) in [7, 11) is 0. The van der Waals surface area contributed by atoms with Crippen LogP contribution in [0, 0.1) is 16.7 Å². The summed E-state index contributed by atoms with van der Waals surface area (Å²) >= 11 is 0. The normalized spacial score (nSPS) is 23.6. The van der Waals surface area contributed by atoms with E-state index in [-0.39, 0.29) is 42.7 Å². The van der Waals surface area contributed by atoms with Crippen LogP contribution >= 0.6 is 0 Å². The van der Waals surface area contributed by atoms with Crippen molar-refractivity contribution < 1.29 is 29.0 Å². The van der Waals surface area contributed by atoms with E-state index in [1.54, 1.807) is 6.92 Å². The number of fused-ring (bicyclic) bond motifs is 3. The van der Waals surface area contributed by atoms with Gasteiger partial charge in [0, 0.05) is 41.9 Å². The Balaban J connectivity index is 1.35. The van der Waals surface area contributed by atoms with Gasteiger partial charge in [0.2, 0.25) is 11.8 Å². The van der Waals surface area contributed by atoms with Crippen LogP contribution in [0.5, 0.6) is 0 Å². The van der Waals surface area contributed by atoms with Crippen LogP contribution in [0.3, 0.4) is 0 Å². The molecule has 2 saturated carbocycles. The molecule has 5 rings (SSSR count). The maximum absolute atomic E-state index is 14.0. The zero-order valence-corrected chi connectivity index (χ0v) is 26.4. The minimum atomic E-state index is -1.40. The number of H-pyrrole nitrogens is 1. The summed E-state index contributed by atoms with van der Waals surface area (Å²) in [6.45, 7) is 8.41. The summed E-state index contributed by atoms with van der Waals surface area (Å²) < 4.78 is 6.09.